The predicted molar refractivity (Wildman–Crippen MR) is 97.5 cm³/mol. The summed E-state index contributed by atoms with van der Waals surface area (Å²) in [5.74, 6) is 5.83. The zero-order chi connectivity index (χ0) is 17.5. The highest BCUT2D eigenvalue weighted by Gasteiger charge is 1.99. The van der Waals surface area contributed by atoms with Gasteiger partial charge in [-0.2, -0.15) is 5.10 Å². The summed E-state index contributed by atoms with van der Waals surface area (Å²) in [4.78, 5) is 16.2. The third-order valence-electron chi connectivity index (χ3n) is 3.28. The lowest BCUT2D eigenvalue weighted by Gasteiger charge is -2.02. The minimum Gasteiger partial charge on any atom is -0.322 e. The topological polar surface area (TPSA) is 59.8 Å². The van der Waals surface area contributed by atoms with Crippen LogP contribution in [0.15, 0.2) is 67.1 Å². The predicted octanol–water partition coefficient (Wildman–Crippen LogP) is 2.87. The summed E-state index contributed by atoms with van der Waals surface area (Å²) < 4.78 is 1.68. The van der Waals surface area contributed by atoms with Crippen molar-refractivity contribution in [2.75, 3.05) is 5.32 Å². The number of aryl methyl sites for hydroxylation is 1. The summed E-state index contributed by atoms with van der Waals surface area (Å²) >= 11 is 0. The normalized spacial score (nSPS) is 10.3. The Kier molecular flexibility index (Phi) is 5.03. The van der Waals surface area contributed by atoms with Crippen molar-refractivity contribution in [3.8, 4) is 11.8 Å². The minimum atomic E-state index is -0.210. The number of nitrogens with one attached hydrogen (secondary N) is 1. The van der Waals surface area contributed by atoms with E-state index in [0.29, 0.717) is 11.4 Å². The van der Waals surface area contributed by atoms with Gasteiger partial charge in [-0.1, -0.05) is 18.1 Å². The molecule has 0 spiro atoms. The van der Waals surface area contributed by atoms with Crippen LogP contribution in [0, 0.1) is 11.8 Å². The molecule has 0 aliphatic rings. The minimum absolute atomic E-state index is 0.210. The van der Waals surface area contributed by atoms with Gasteiger partial charge in [-0.25, -0.2) is 4.98 Å². The molecular formula is C20H16N4O. The quantitative estimate of drug-likeness (QED) is 0.594. The van der Waals surface area contributed by atoms with Gasteiger partial charge in [-0.3, -0.25) is 9.48 Å². The fraction of sp³-hybridized carbons (Fsp3) is 0.0500. The van der Waals surface area contributed by atoms with E-state index in [4.69, 9.17) is 0 Å². The Morgan fingerprint density at radius 2 is 2.12 bits per heavy atom. The molecule has 5 nitrogen and oxygen atoms in total. The van der Waals surface area contributed by atoms with Crippen LogP contribution >= 0.6 is 0 Å². The van der Waals surface area contributed by atoms with Crippen LogP contribution in [0.25, 0.3) is 6.08 Å². The molecule has 5 heteroatoms. The maximum atomic E-state index is 12.0. The van der Waals surface area contributed by atoms with Gasteiger partial charge in [0.2, 0.25) is 5.91 Å². The first-order chi connectivity index (χ1) is 12.2. The molecule has 0 aliphatic heterocycles. The summed E-state index contributed by atoms with van der Waals surface area (Å²) in [5.41, 5.74) is 3.07. The van der Waals surface area contributed by atoms with E-state index in [-0.39, 0.29) is 5.91 Å². The van der Waals surface area contributed by atoms with Crippen LogP contribution in [-0.4, -0.2) is 20.7 Å². The summed E-state index contributed by atoms with van der Waals surface area (Å²) in [7, 11) is 1.83. The van der Waals surface area contributed by atoms with Crippen LogP contribution in [0.5, 0.6) is 0 Å². The monoisotopic (exact) mass is 328 g/mol. The Labute approximate surface area is 146 Å². The second-order valence-corrected chi connectivity index (χ2v) is 5.32. The molecule has 0 aliphatic carbocycles. The molecule has 1 N–H and O–H groups in total. The van der Waals surface area contributed by atoms with Crippen molar-refractivity contribution in [2.24, 2.45) is 7.05 Å². The number of carbonyl (C=O) groups excluding carboxylic acids is 1. The van der Waals surface area contributed by atoms with Crippen molar-refractivity contribution in [2.45, 2.75) is 0 Å². The van der Waals surface area contributed by atoms with Gasteiger partial charge in [0.25, 0.3) is 0 Å². The smallest absolute Gasteiger partial charge is 0.248 e. The molecule has 0 radical (unpaired) electrons. The molecule has 3 rings (SSSR count). The molecule has 0 fully saturated rings. The average Bonchev–Trinajstić information content (AvgIpc) is 3.05. The van der Waals surface area contributed by atoms with Gasteiger partial charge >= 0.3 is 0 Å². The number of hydrogen-bond acceptors (Lipinski definition) is 3. The van der Waals surface area contributed by atoms with Crippen molar-refractivity contribution in [1.82, 2.24) is 14.8 Å². The number of amides is 1. The molecule has 122 valence electrons. The number of anilines is 1. The number of rotatable bonds is 3. The second-order valence-electron chi connectivity index (χ2n) is 5.32. The molecule has 0 saturated heterocycles. The number of pyridine rings is 1. The number of carbonyl (C=O) groups is 1. The van der Waals surface area contributed by atoms with Gasteiger partial charge < -0.3 is 5.32 Å². The molecule has 2 aromatic heterocycles. The molecule has 3 aromatic rings. The Balaban J connectivity index is 1.66. The average molecular weight is 328 g/mol. The Morgan fingerprint density at radius 3 is 2.88 bits per heavy atom. The Bertz CT molecular complexity index is 962. The molecule has 1 amide bonds. The lowest BCUT2D eigenvalue weighted by Crippen LogP contribution is -2.07. The van der Waals surface area contributed by atoms with Gasteiger partial charge in [0, 0.05) is 42.3 Å². The van der Waals surface area contributed by atoms with E-state index in [0.717, 1.165) is 11.1 Å². The highest BCUT2D eigenvalue weighted by Crippen LogP contribution is 2.10. The lowest BCUT2D eigenvalue weighted by atomic mass is 10.2. The number of nitrogens with zero attached hydrogens (tertiary/aromatic N) is 3. The molecule has 0 unspecified atom stereocenters. The number of benzene rings is 1. The summed E-state index contributed by atoms with van der Waals surface area (Å²) in [6.07, 6.45) is 8.42. The Morgan fingerprint density at radius 1 is 1.20 bits per heavy atom. The van der Waals surface area contributed by atoms with Crippen LogP contribution in [-0.2, 0) is 11.8 Å². The molecule has 25 heavy (non-hydrogen) atoms. The molecule has 0 bridgehead atoms. The molecule has 0 atom stereocenters. The van der Waals surface area contributed by atoms with E-state index >= 15 is 0 Å². The fourth-order valence-electron chi connectivity index (χ4n) is 2.13. The number of hydrogen-bond donors (Lipinski definition) is 1. The highest BCUT2D eigenvalue weighted by molar-refractivity contribution is 6.01. The van der Waals surface area contributed by atoms with Crippen LogP contribution in [0.2, 0.25) is 0 Å². The summed E-state index contributed by atoms with van der Waals surface area (Å²) in [6.45, 7) is 0. The SMILES string of the molecule is Cn1cc(/C=C\C(=O)Nc2cccc(C#Cc3ccccn3)c2)cn1. The third-order valence-corrected chi connectivity index (χ3v) is 3.28. The second kappa shape index (κ2) is 7.75. The van der Waals surface area contributed by atoms with Crippen molar-refractivity contribution in [1.29, 1.82) is 0 Å². The molecule has 1 aromatic carbocycles. The molecule has 0 saturated carbocycles. The van der Waals surface area contributed by atoms with E-state index in [1.807, 2.05) is 55.7 Å². The largest absolute Gasteiger partial charge is 0.322 e. The highest BCUT2D eigenvalue weighted by atomic mass is 16.1. The van der Waals surface area contributed by atoms with Gasteiger partial charge in [0.15, 0.2) is 0 Å². The summed E-state index contributed by atoms with van der Waals surface area (Å²) in [6, 6.07) is 13.0. The summed E-state index contributed by atoms with van der Waals surface area (Å²) in [5, 5.41) is 6.87. The lowest BCUT2D eigenvalue weighted by molar-refractivity contribution is -0.111. The van der Waals surface area contributed by atoms with Crippen molar-refractivity contribution >= 4 is 17.7 Å². The van der Waals surface area contributed by atoms with Crippen molar-refractivity contribution < 1.29 is 4.79 Å². The molecule has 2 heterocycles. The van der Waals surface area contributed by atoms with E-state index in [9.17, 15) is 4.79 Å². The van der Waals surface area contributed by atoms with Gasteiger partial charge in [0.05, 0.1) is 6.20 Å². The van der Waals surface area contributed by atoms with Crippen LogP contribution in [0.4, 0.5) is 5.69 Å². The number of aromatic nitrogens is 3. The Hall–Kier alpha value is -3.65. The maximum absolute atomic E-state index is 12.0. The standard InChI is InChI=1S/C20H16N4O/c1-24-15-17(14-22-24)9-11-20(25)23-19-7-4-5-16(13-19)8-10-18-6-2-3-12-21-18/h2-7,9,11-15H,1H3,(H,23,25)/b11-9-. The molecular weight excluding hydrogens is 312 g/mol. The van der Waals surface area contributed by atoms with Crippen LogP contribution in [0.3, 0.4) is 0 Å². The zero-order valence-electron chi connectivity index (χ0n) is 13.7. The first-order valence-electron chi connectivity index (χ1n) is 7.70. The van der Waals surface area contributed by atoms with Gasteiger partial charge in [0.1, 0.15) is 5.69 Å². The van der Waals surface area contributed by atoms with Crippen LogP contribution in [0.1, 0.15) is 16.8 Å². The first-order valence-corrected chi connectivity index (χ1v) is 7.70. The van der Waals surface area contributed by atoms with Crippen molar-refractivity contribution in [3.63, 3.8) is 0 Å². The maximum Gasteiger partial charge on any atom is 0.248 e. The third kappa shape index (κ3) is 4.91. The van der Waals surface area contributed by atoms with Crippen LogP contribution < -0.4 is 5.32 Å². The van der Waals surface area contributed by atoms with Gasteiger partial charge in [-0.05, 0) is 42.3 Å². The van der Waals surface area contributed by atoms with E-state index in [1.54, 1.807) is 23.2 Å². The van der Waals surface area contributed by atoms with E-state index < -0.39 is 0 Å². The fourth-order valence-corrected chi connectivity index (χ4v) is 2.13. The first kappa shape index (κ1) is 16.2. The van der Waals surface area contributed by atoms with Gasteiger partial charge in [-0.15, -0.1) is 0 Å². The van der Waals surface area contributed by atoms with E-state index in [2.05, 4.69) is 27.2 Å². The zero-order valence-corrected chi connectivity index (χ0v) is 13.7. The van der Waals surface area contributed by atoms with E-state index in [1.165, 1.54) is 6.08 Å². The van der Waals surface area contributed by atoms with Crippen molar-refractivity contribution in [3.05, 3.63) is 84.0 Å².